The van der Waals surface area contributed by atoms with Crippen LogP contribution in [0.15, 0.2) is 30.3 Å². The highest BCUT2D eigenvalue weighted by atomic mass is 35.5. The largest absolute Gasteiger partial charge is 0.383 e. The van der Waals surface area contributed by atoms with Crippen LogP contribution in [-0.2, 0) is 6.42 Å². The normalized spacial score (nSPS) is 12.7. The fourth-order valence-corrected chi connectivity index (χ4v) is 2.95. The van der Waals surface area contributed by atoms with E-state index in [4.69, 9.17) is 11.6 Å². The van der Waals surface area contributed by atoms with E-state index in [1.54, 1.807) is 0 Å². The molecule has 1 atom stereocenters. The molecular formula is C14H15ClOS. The number of aliphatic hydroxyl groups excluding tert-OH is 1. The highest BCUT2D eigenvalue weighted by Gasteiger charge is 2.14. The summed E-state index contributed by atoms with van der Waals surface area (Å²) in [5, 5.41) is 10.2. The zero-order chi connectivity index (χ0) is 12.4. The number of aliphatic hydroxyl groups is 1. The van der Waals surface area contributed by atoms with Crippen LogP contribution in [0.5, 0.6) is 0 Å². The molecule has 0 fully saturated rings. The fourth-order valence-electron chi connectivity index (χ4n) is 1.72. The van der Waals surface area contributed by atoms with Gasteiger partial charge >= 0.3 is 0 Å². The molecule has 0 aliphatic heterocycles. The number of rotatable bonds is 3. The predicted octanol–water partition coefficient (Wildman–Crippen LogP) is 4.35. The first-order valence-electron chi connectivity index (χ1n) is 5.64. The Morgan fingerprint density at radius 2 is 1.94 bits per heavy atom. The monoisotopic (exact) mass is 266 g/mol. The summed E-state index contributed by atoms with van der Waals surface area (Å²) in [7, 11) is 0. The highest BCUT2D eigenvalue weighted by Crippen LogP contribution is 2.33. The molecule has 0 aliphatic carbocycles. The van der Waals surface area contributed by atoms with Crippen molar-refractivity contribution in [1.29, 1.82) is 0 Å². The number of aryl methyl sites for hydroxylation is 2. The average Bonchev–Trinajstić information content (AvgIpc) is 2.69. The summed E-state index contributed by atoms with van der Waals surface area (Å²) in [6, 6.07) is 10.0. The van der Waals surface area contributed by atoms with Gasteiger partial charge in [-0.25, -0.2) is 0 Å². The molecule has 90 valence electrons. The van der Waals surface area contributed by atoms with Crippen LogP contribution >= 0.6 is 22.9 Å². The third-order valence-electron chi connectivity index (χ3n) is 2.85. The number of thiophene rings is 1. The molecule has 2 rings (SSSR count). The Morgan fingerprint density at radius 1 is 1.29 bits per heavy atom. The van der Waals surface area contributed by atoms with E-state index in [-0.39, 0.29) is 0 Å². The van der Waals surface area contributed by atoms with Crippen molar-refractivity contribution >= 4 is 22.9 Å². The zero-order valence-electron chi connectivity index (χ0n) is 9.90. The van der Waals surface area contributed by atoms with Gasteiger partial charge in [0.05, 0.1) is 4.34 Å². The van der Waals surface area contributed by atoms with E-state index in [9.17, 15) is 5.11 Å². The second-order valence-electron chi connectivity index (χ2n) is 4.10. The molecule has 0 spiro atoms. The summed E-state index contributed by atoms with van der Waals surface area (Å²) < 4.78 is 0.754. The van der Waals surface area contributed by atoms with Crippen LogP contribution in [0, 0.1) is 6.92 Å². The fraction of sp³-hybridized carbons (Fsp3) is 0.286. The lowest BCUT2D eigenvalue weighted by Crippen LogP contribution is -1.97. The second-order valence-corrected chi connectivity index (χ2v) is 5.79. The molecule has 1 heterocycles. The topological polar surface area (TPSA) is 20.2 Å². The maximum atomic E-state index is 10.2. The molecule has 1 nitrogen and oxygen atoms in total. The molecule has 3 heteroatoms. The second kappa shape index (κ2) is 5.21. The van der Waals surface area contributed by atoms with Crippen LogP contribution < -0.4 is 0 Å². The van der Waals surface area contributed by atoms with Gasteiger partial charge in [-0.05, 0) is 36.1 Å². The third-order valence-corrected chi connectivity index (χ3v) is 4.46. The Bertz CT molecular complexity index is 482. The molecule has 0 saturated carbocycles. The Balaban J connectivity index is 2.26. The quantitative estimate of drug-likeness (QED) is 0.875. The standard InChI is InChI=1S/C14H15ClOS/c1-3-10-4-6-11(7-5-10)13(16)12-8-9(2)14(15)17-12/h4-8,13,16H,3H2,1-2H3. The van der Waals surface area contributed by atoms with E-state index in [1.807, 2.05) is 25.1 Å². The van der Waals surface area contributed by atoms with E-state index in [0.717, 1.165) is 26.8 Å². The minimum atomic E-state index is -0.572. The molecule has 17 heavy (non-hydrogen) atoms. The Kier molecular flexibility index (Phi) is 3.87. The first-order chi connectivity index (χ1) is 8.11. The maximum Gasteiger partial charge on any atom is 0.113 e. The molecule has 0 saturated heterocycles. The van der Waals surface area contributed by atoms with E-state index >= 15 is 0 Å². The minimum absolute atomic E-state index is 0.572. The van der Waals surface area contributed by atoms with Crippen molar-refractivity contribution in [3.8, 4) is 0 Å². The van der Waals surface area contributed by atoms with Gasteiger partial charge in [0, 0.05) is 4.88 Å². The van der Waals surface area contributed by atoms with Gasteiger partial charge in [-0.3, -0.25) is 0 Å². The van der Waals surface area contributed by atoms with Gasteiger partial charge in [0.2, 0.25) is 0 Å². The van der Waals surface area contributed by atoms with E-state index < -0.39 is 6.10 Å². The summed E-state index contributed by atoms with van der Waals surface area (Å²) in [5.41, 5.74) is 3.22. The number of benzene rings is 1. The van der Waals surface area contributed by atoms with Crippen LogP contribution in [0.1, 0.15) is 34.6 Å². The molecule has 1 N–H and O–H groups in total. The Morgan fingerprint density at radius 3 is 2.41 bits per heavy atom. The summed E-state index contributed by atoms with van der Waals surface area (Å²) >= 11 is 7.46. The van der Waals surface area contributed by atoms with Crippen molar-refractivity contribution in [1.82, 2.24) is 0 Å². The van der Waals surface area contributed by atoms with Crippen LogP contribution in [-0.4, -0.2) is 5.11 Å². The predicted molar refractivity (Wildman–Crippen MR) is 73.9 cm³/mol. The number of hydrogen-bond acceptors (Lipinski definition) is 2. The van der Waals surface area contributed by atoms with Crippen LogP contribution in [0.3, 0.4) is 0 Å². The van der Waals surface area contributed by atoms with Crippen molar-refractivity contribution in [2.75, 3.05) is 0 Å². The Labute approximate surface area is 111 Å². The molecule has 1 aromatic heterocycles. The van der Waals surface area contributed by atoms with Crippen molar-refractivity contribution in [2.24, 2.45) is 0 Å². The summed E-state index contributed by atoms with van der Waals surface area (Å²) in [6.45, 7) is 4.07. The van der Waals surface area contributed by atoms with Crippen molar-refractivity contribution in [3.63, 3.8) is 0 Å². The van der Waals surface area contributed by atoms with E-state index in [0.29, 0.717) is 0 Å². The molecule has 0 amide bonds. The smallest absolute Gasteiger partial charge is 0.113 e. The van der Waals surface area contributed by atoms with Gasteiger partial charge in [-0.2, -0.15) is 0 Å². The number of halogens is 1. The summed E-state index contributed by atoms with van der Waals surface area (Å²) in [5.74, 6) is 0. The van der Waals surface area contributed by atoms with Gasteiger partial charge in [0.25, 0.3) is 0 Å². The first kappa shape index (κ1) is 12.6. The SMILES string of the molecule is CCc1ccc(C(O)c2cc(C)c(Cl)s2)cc1. The van der Waals surface area contributed by atoms with Crippen LogP contribution in [0.25, 0.3) is 0 Å². The molecule has 1 aromatic carbocycles. The van der Waals surface area contributed by atoms with Crippen LogP contribution in [0.2, 0.25) is 4.34 Å². The number of hydrogen-bond donors (Lipinski definition) is 1. The molecule has 1 unspecified atom stereocenters. The van der Waals surface area contributed by atoms with Gasteiger partial charge in [-0.15, -0.1) is 11.3 Å². The maximum absolute atomic E-state index is 10.2. The third kappa shape index (κ3) is 2.71. The molecule has 0 bridgehead atoms. The molecule has 0 aliphatic rings. The lowest BCUT2D eigenvalue weighted by atomic mass is 10.0. The summed E-state index contributed by atoms with van der Waals surface area (Å²) in [6.07, 6.45) is 0.442. The van der Waals surface area contributed by atoms with E-state index in [1.165, 1.54) is 16.9 Å². The lowest BCUT2D eigenvalue weighted by molar-refractivity contribution is 0.224. The first-order valence-corrected chi connectivity index (χ1v) is 6.84. The average molecular weight is 267 g/mol. The van der Waals surface area contributed by atoms with Crippen molar-refractivity contribution < 1.29 is 5.11 Å². The zero-order valence-corrected chi connectivity index (χ0v) is 11.5. The van der Waals surface area contributed by atoms with Crippen molar-refractivity contribution in [3.05, 3.63) is 56.2 Å². The molecule has 2 aromatic rings. The van der Waals surface area contributed by atoms with E-state index in [2.05, 4.69) is 19.1 Å². The van der Waals surface area contributed by atoms with Gasteiger partial charge in [0.1, 0.15) is 6.10 Å². The van der Waals surface area contributed by atoms with Gasteiger partial charge in [-0.1, -0.05) is 42.8 Å². The molecule has 0 radical (unpaired) electrons. The summed E-state index contributed by atoms with van der Waals surface area (Å²) in [4.78, 5) is 0.900. The van der Waals surface area contributed by atoms with Gasteiger partial charge < -0.3 is 5.11 Å². The van der Waals surface area contributed by atoms with Crippen LogP contribution in [0.4, 0.5) is 0 Å². The molecular weight excluding hydrogens is 252 g/mol. The van der Waals surface area contributed by atoms with Gasteiger partial charge in [0.15, 0.2) is 0 Å². The minimum Gasteiger partial charge on any atom is -0.383 e. The van der Waals surface area contributed by atoms with Crippen molar-refractivity contribution in [2.45, 2.75) is 26.4 Å². The highest BCUT2D eigenvalue weighted by molar-refractivity contribution is 7.16. The lowest BCUT2D eigenvalue weighted by Gasteiger charge is -2.09. The Hall–Kier alpha value is -0.830.